The first kappa shape index (κ1) is 34.0. The summed E-state index contributed by atoms with van der Waals surface area (Å²) < 4.78 is 38.8. The summed E-state index contributed by atoms with van der Waals surface area (Å²) >= 11 is 3.38. The number of carbonyl (C=O) groups excluding carboxylic acids is 4. The van der Waals surface area contributed by atoms with Gasteiger partial charge in [0.2, 0.25) is 12.0 Å². The molecule has 2 unspecified atom stereocenters. The molecule has 2 N–H and O–H groups in total. The van der Waals surface area contributed by atoms with E-state index in [0.717, 1.165) is 33.1 Å². The predicted molar refractivity (Wildman–Crippen MR) is 159 cm³/mol. The Balaban J connectivity index is 1.58. The van der Waals surface area contributed by atoms with Gasteiger partial charge in [-0.2, -0.15) is 0 Å². The second-order valence-corrected chi connectivity index (χ2v) is 13.2. The Bertz CT molecular complexity index is 1330. The van der Waals surface area contributed by atoms with E-state index < -0.39 is 52.9 Å². The third-order valence-corrected chi connectivity index (χ3v) is 7.20. The minimum absolute atomic E-state index is 0.120. The molecule has 0 spiro atoms. The number of hydrogen-bond acceptors (Lipinski definition) is 6. The highest BCUT2D eigenvalue weighted by molar-refractivity contribution is 9.10. The first-order valence-corrected chi connectivity index (χ1v) is 14.8. The van der Waals surface area contributed by atoms with Gasteiger partial charge in [0.05, 0.1) is 6.04 Å². The summed E-state index contributed by atoms with van der Waals surface area (Å²) in [6, 6.07) is 9.54. The highest BCUT2D eigenvalue weighted by atomic mass is 79.9. The summed E-state index contributed by atoms with van der Waals surface area (Å²) in [5.41, 5.74) is -0.466. The molecule has 0 saturated carbocycles. The Morgan fingerprint density at radius 1 is 1.00 bits per heavy atom. The van der Waals surface area contributed by atoms with Gasteiger partial charge < -0.3 is 20.1 Å². The smallest absolute Gasteiger partial charge is 0.420 e. The molecule has 3 rings (SSSR count). The molecule has 1 fully saturated rings. The highest BCUT2D eigenvalue weighted by Gasteiger charge is 2.50. The molecule has 1 heterocycles. The van der Waals surface area contributed by atoms with E-state index in [1.807, 2.05) is 38.1 Å². The Kier molecular flexibility index (Phi) is 11.3. The fourth-order valence-corrected chi connectivity index (χ4v) is 4.68. The van der Waals surface area contributed by atoms with Crippen molar-refractivity contribution in [2.45, 2.75) is 78.0 Å². The summed E-state index contributed by atoms with van der Waals surface area (Å²) in [4.78, 5) is 52.2. The van der Waals surface area contributed by atoms with Crippen LogP contribution in [0.5, 0.6) is 0 Å². The molecule has 1 saturated heterocycles. The van der Waals surface area contributed by atoms with Crippen molar-refractivity contribution in [1.29, 1.82) is 0 Å². The van der Waals surface area contributed by atoms with Gasteiger partial charge in [-0.25, -0.2) is 23.3 Å². The Morgan fingerprint density at radius 2 is 1.65 bits per heavy atom. The Labute approximate surface area is 258 Å². The molecule has 4 amide bonds. The van der Waals surface area contributed by atoms with Crippen LogP contribution in [0.3, 0.4) is 0 Å². The van der Waals surface area contributed by atoms with Crippen LogP contribution < -0.4 is 10.6 Å². The summed E-state index contributed by atoms with van der Waals surface area (Å²) in [7, 11) is 0. The number of benzene rings is 2. The minimum Gasteiger partial charge on any atom is -0.443 e. The Morgan fingerprint density at radius 3 is 2.30 bits per heavy atom. The fraction of sp³-hybridized carbons (Fsp3) is 0.484. The zero-order chi connectivity index (χ0) is 31.9. The van der Waals surface area contributed by atoms with E-state index >= 15 is 0 Å². The number of cyclic esters (lactones) is 1. The van der Waals surface area contributed by atoms with Crippen molar-refractivity contribution in [3.8, 4) is 0 Å². The number of aryl methyl sites for hydroxylation is 1. The topological polar surface area (TPSA) is 114 Å². The maximum absolute atomic E-state index is 13.8. The molecular formula is C31H38BrF2N3O6. The van der Waals surface area contributed by atoms with E-state index in [1.165, 1.54) is 0 Å². The van der Waals surface area contributed by atoms with E-state index in [0.29, 0.717) is 6.42 Å². The fourth-order valence-electron chi connectivity index (χ4n) is 4.41. The van der Waals surface area contributed by atoms with Crippen molar-refractivity contribution in [3.05, 3.63) is 69.7 Å². The zero-order valence-electron chi connectivity index (χ0n) is 25.0. The molecule has 0 aliphatic carbocycles. The molecule has 1 aliphatic rings. The van der Waals surface area contributed by atoms with Gasteiger partial charge in [-0.1, -0.05) is 41.9 Å². The number of nitrogens with zero attached hydrogens (tertiary/aromatic N) is 1. The molecule has 12 heteroatoms. The molecule has 2 aromatic carbocycles. The van der Waals surface area contributed by atoms with Crippen LogP contribution in [0.25, 0.3) is 0 Å². The van der Waals surface area contributed by atoms with Crippen molar-refractivity contribution in [1.82, 2.24) is 15.5 Å². The zero-order valence-corrected chi connectivity index (χ0v) is 26.6. The highest BCUT2D eigenvalue weighted by Crippen LogP contribution is 2.27. The van der Waals surface area contributed by atoms with Crippen molar-refractivity contribution in [3.63, 3.8) is 0 Å². The SMILES string of the molecule is CC(C)(CNC(=O)CCCc1cc(F)ccc1F)CNC(=O)C1OC(=O)N(C(=O)OC(C)(C)C)C1Cc1ccc(Br)cc1. The van der Waals surface area contributed by atoms with E-state index in [9.17, 15) is 28.0 Å². The lowest BCUT2D eigenvalue weighted by Gasteiger charge is -2.28. The summed E-state index contributed by atoms with van der Waals surface area (Å²) in [6.45, 7) is 9.04. The second kappa shape index (κ2) is 14.3. The number of halogens is 3. The first-order chi connectivity index (χ1) is 20.0. The van der Waals surface area contributed by atoms with Gasteiger partial charge in [-0.05, 0) is 86.9 Å². The van der Waals surface area contributed by atoms with E-state index in [-0.39, 0.29) is 43.8 Å². The average molecular weight is 667 g/mol. The van der Waals surface area contributed by atoms with E-state index in [1.54, 1.807) is 20.8 Å². The maximum Gasteiger partial charge on any atom is 0.420 e. The van der Waals surface area contributed by atoms with E-state index in [4.69, 9.17) is 9.47 Å². The van der Waals surface area contributed by atoms with Crippen molar-refractivity contribution >= 4 is 39.9 Å². The summed E-state index contributed by atoms with van der Waals surface area (Å²) in [5.74, 6) is -1.89. The maximum atomic E-state index is 13.8. The number of hydrogen-bond donors (Lipinski definition) is 2. The van der Waals surface area contributed by atoms with Gasteiger partial charge in [0.15, 0.2) is 0 Å². The van der Waals surface area contributed by atoms with Gasteiger partial charge in [-0.3, -0.25) is 9.59 Å². The van der Waals surface area contributed by atoms with Gasteiger partial charge in [0.25, 0.3) is 5.91 Å². The summed E-state index contributed by atoms with van der Waals surface area (Å²) in [6.07, 6.45) is -2.32. The molecule has 0 radical (unpaired) electrons. The first-order valence-electron chi connectivity index (χ1n) is 14.0. The quantitative estimate of drug-likeness (QED) is 0.320. The van der Waals surface area contributed by atoms with Gasteiger partial charge in [0.1, 0.15) is 17.2 Å². The number of ether oxygens (including phenoxy) is 2. The molecule has 43 heavy (non-hydrogen) atoms. The normalized spacial score (nSPS) is 16.9. The van der Waals surface area contributed by atoms with Crippen molar-refractivity contribution in [2.24, 2.45) is 5.41 Å². The van der Waals surface area contributed by atoms with Crippen molar-refractivity contribution in [2.75, 3.05) is 13.1 Å². The molecule has 9 nitrogen and oxygen atoms in total. The lowest BCUT2D eigenvalue weighted by Crippen LogP contribution is -2.50. The van der Waals surface area contributed by atoms with Gasteiger partial charge in [-0.15, -0.1) is 0 Å². The van der Waals surface area contributed by atoms with Crippen LogP contribution in [-0.2, 0) is 31.9 Å². The van der Waals surface area contributed by atoms with Crippen LogP contribution in [0.15, 0.2) is 46.9 Å². The molecule has 0 aromatic heterocycles. The lowest BCUT2D eigenvalue weighted by molar-refractivity contribution is -0.129. The number of imide groups is 1. The molecule has 1 aliphatic heterocycles. The van der Waals surface area contributed by atoms with Crippen LogP contribution in [0.1, 0.15) is 58.6 Å². The summed E-state index contributed by atoms with van der Waals surface area (Å²) in [5, 5.41) is 5.60. The number of carbonyl (C=O) groups is 4. The standard InChI is InChI=1S/C31H38BrF2N3O6/c1-30(2,3)43-29(41)37-24(15-19-9-11-21(32)12-10-19)26(42-28(37)40)27(39)36-18-31(4,5)17-35-25(38)8-6-7-20-16-22(33)13-14-23(20)34/h9-14,16,24,26H,6-8,15,17-18H2,1-5H3,(H,35,38)(H,36,39). The molecule has 0 bridgehead atoms. The molecule has 234 valence electrons. The van der Waals surface area contributed by atoms with Crippen molar-refractivity contribution < 1.29 is 37.4 Å². The largest absolute Gasteiger partial charge is 0.443 e. The number of nitrogens with one attached hydrogen (secondary N) is 2. The lowest BCUT2D eigenvalue weighted by atomic mass is 9.92. The third kappa shape index (κ3) is 10.3. The van der Waals surface area contributed by atoms with Crippen LogP contribution in [0.4, 0.5) is 18.4 Å². The third-order valence-electron chi connectivity index (χ3n) is 6.68. The van der Waals surface area contributed by atoms with Crippen LogP contribution in [0.2, 0.25) is 0 Å². The molecule has 2 aromatic rings. The predicted octanol–water partition coefficient (Wildman–Crippen LogP) is 5.68. The number of rotatable bonds is 11. The average Bonchev–Trinajstić information content (AvgIpc) is 3.24. The minimum atomic E-state index is -1.28. The van der Waals surface area contributed by atoms with Crippen LogP contribution in [-0.4, -0.2) is 59.7 Å². The van der Waals surface area contributed by atoms with E-state index in [2.05, 4.69) is 26.6 Å². The Hall–Kier alpha value is -3.54. The monoisotopic (exact) mass is 665 g/mol. The second-order valence-electron chi connectivity index (χ2n) is 12.3. The molecule has 2 atom stereocenters. The molecular weight excluding hydrogens is 628 g/mol. The number of amides is 4. The van der Waals surface area contributed by atoms with Crippen LogP contribution >= 0.6 is 15.9 Å². The van der Waals surface area contributed by atoms with Crippen LogP contribution in [0, 0.1) is 17.0 Å². The van der Waals surface area contributed by atoms with Gasteiger partial charge >= 0.3 is 12.2 Å². The van der Waals surface area contributed by atoms with Gasteiger partial charge in [0, 0.05) is 24.0 Å².